The van der Waals surface area contributed by atoms with E-state index >= 15 is 0 Å². The number of fused-ring (bicyclic) bond motifs is 1. The molecule has 0 aliphatic heterocycles. The first-order valence-electron chi connectivity index (χ1n) is 6.23. The van der Waals surface area contributed by atoms with Crippen LogP contribution in [0.3, 0.4) is 0 Å². The van der Waals surface area contributed by atoms with E-state index in [1.54, 1.807) is 16.0 Å². The van der Waals surface area contributed by atoms with E-state index in [2.05, 4.69) is 4.98 Å². The van der Waals surface area contributed by atoms with Gasteiger partial charge in [-0.2, -0.15) is 4.31 Å². The largest absolute Gasteiger partial charge is 0.381 e. The van der Waals surface area contributed by atoms with Gasteiger partial charge in [-0.3, -0.25) is 4.40 Å². The Balaban J connectivity index is 2.53. The summed E-state index contributed by atoms with van der Waals surface area (Å²) < 4.78 is 28.4. The summed E-state index contributed by atoms with van der Waals surface area (Å²) >= 11 is 1.37. The average Bonchev–Trinajstić information content (AvgIpc) is 2.87. The predicted molar refractivity (Wildman–Crippen MR) is 76.8 cm³/mol. The van der Waals surface area contributed by atoms with Crippen LogP contribution >= 0.6 is 11.3 Å². The Morgan fingerprint density at radius 2 is 2.00 bits per heavy atom. The van der Waals surface area contributed by atoms with Gasteiger partial charge in [-0.05, 0) is 12.8 Å². The Hall–Kier alpha value is -1.12. The molecule has 0 aromatic carbocycles. The number of rotatable bonds is 6. The van der Waals surface area contributed by atoms with E-state index in [9.17, 15) is 8.42 Å². The zero-order valence-electron chi connectivity index (χ0n) is 11.0. The smallest absolute Gasteiger partial charge is 0.262 e. The molecule has 2 heterocycles. The fourth-order valence-electron chi connectivity index (χ4n) is 2.01. The van der Waals surface area contributed by atoms with Crippen molar-refractivity contribution >= 4 is 32.1 Å². The molecule has 2 aromatic rings. The summed E-state index contributed by atoms with van der Waals surface area (Å²) in [5, 5.41) is 1.88. The van der Waals surface area contributed by atoms with Gasteiger partial charge in [-0.15, -0.1) is 11.3 Å². The third kappa shape index (κ3) is 2.47. The maximum absolute atomic E-state index is 12.7. The fourth-order valence-corrected chi connectivity index (χ4v) is 4.59. The Morgan fingerprint density at radius 3 is 2.58 bits per heavy atom. The van der Waals surface area contributed by atoms with Gasteiger partial charge in [0.2, 0.25) is 0 Å². The van der Waals surface area contributed by atoms with Gasteiger partial charge in [0.25, 0.3) is 10.0 Å². The summed E-state index contributed by atoms with van der Waals surface area (Å²) in [5.74, 6) is 0.0732. The van der Waals surface area contributed by atoms with Crippen molar-refractivity contribution in [1.29, 1.82) is 0 Å². The molecule has 0 aliphatic rings. The van der Waals surface area contributed by atoms with Crippen molar-refractivity contribution in [3.8, 4) is 0 Å². The molecule has 0 unspecified atom stereocenters. The maximum atomic E-state index is 12.7. The van der Waals surface area contributed by atoms with Crippen molar-refractivity contribution in [3.63, 3.8) is 0 Å². The number of sulfonamides is 1. The van der Waals surface area contributed by atoms with Crippen LogP contribution in [0.4, 0.5) is 5.82 Å². The molecule has 0 saturated carbocycles. The average molecular weight is 302 g/mol. The molecule has 0 saturated heterocycles. The highest BCUT2D eigenvalue weighted by atomic mass is 32.2. The van der Waals surface area contributed by atoms with Crippen molar-refractivity contribution in [3.05, 3.63) is 11.6 Å². The zero-order valence-corrected chi connectivity index (χ0v) is 12.7. The number of nitrogen functional groups attached to an aromatic ring is 1. The molecule has 0 bridgehead atoms. The van der Waals surface area contributed by atoms with Crippen LogP contribution < -0.4 is 5.73 Å². The van der Waals surface area contributed by atoms with E-state index in [1.807, 2.05) is 13.8 Å². The summed E-state index contributed by atoms with van der Waals surface area (Å²) in [7, 11) is -3.59. The molecular weight excluding hydrogens is 284 g/mol. The summed E-state index contributed by atoms with van der Waals surface area (Å²) in [4.78, 5) is 4.70. The molecule has 8 heteroatoms. The highest BCUT2D eigenvalue weighted by Gasteiger charge is 2.30. The van der Waals surface area contributed by atoms with Gasteiger partial charge in [0, 0.05) is 24.7 Å². The molecule has 6 nitrogen and oxygen atoms in total. The molecule has 0 aliphatic carbocycles. The van der Waals surface area contributed by atoms with Crippen molar-refractivity contribution in [2.24, 2.45) is 0 Å². The molecule has 0 fully saturated rings. The van der Waals surface area contributed by atoms with Gasteiger partial charge in [-0.25, -0.2) is 13.4 Å². The lowest BCUT2D eigenvalue weighted by atomic mass is 10.4. The van der Waals surface area contributed by atoms with E-state index in [0.29, 0.717) is 18.1 Å². The summed E-state index contributed by atoms with van der Waals surface area (Å²) in [6.45, 7) is 4.90. The lowest BCUT2D eigenvalue weighted by Crippen LogP contribution is -2.33. The predicted octanol–water partition coefficient (Wildman–Crippen LogP) is 1.79. The summed E-state index contributed by atoms with van der Waals surface area (Å²) in [5.41, 5.74) is 5.78. The van der Waals surface area contributed by atoms with Crippen LogP contribution in [-0.4, -0.2) is 35.2 Å². The van der Waals surface area contributed by atoms with Crippen LogP contribution in [0.25, 0.3) is 4.96 Å². The lowest BCUT2D eigenvalue weighted by molar-refractivity contribution is 0.408. The highest BCUT2D eigenvalue weighted by Crippen LogP contribution is 2.26. The van der Waals surface area contributed by atoms with Gasteiger partial charge in [0.1, 0.15) is 0 Å². The minimum Gasteiger partial charge on any atom is -0.381 e. The standard InChI is InChI=1S/C11H18N4O2S2/c1-3-5-14(6-4-2)19(16,17)10-9(12)13-11-15(10)7-8-18-11/h7-8H,3-6,12H2,1-2H3. The Bertz CT molecular complexity index is 653. The first-order valence-corrected chi connectivity index (χ1v) is 8.55. The van der Waals surface area contributed by atoms with Gasteiger partial charge < -0.3 is 5.73 Å². The normalized spacial score (nSPS) is 12.6. The van der Waals surface area contributed by atoms with Gasteiger partial charge >= 0.3 is 0 Å². The Morgan fingerprint density at radius 1 is 1.37 bits per heavy atom. The third-order valence-corrected chi connectivity index (χ3v) is 5.47. The zero-order chi connectivity index (χ0) is 14.0. The molecule has 0 radical (unpaired) electrons. The number of aromatic nitrogens is 2. The third-order valence-electron chi connectivity index (χ3n) is 2.77. The second kappa shape index (κ2) is 5.48. The van der Waals surface area contributed by atoms with Crippen molar-refractivity contribution in [1.82, 2.24) is 13.7 Å². The maximum Gasteiger partial charge on any atom is 0.262 e. The molecule has 2 rings (SSSR count). The van der Waals surface area contributed by atoms with Crippen LogP contribution in [0.1, 0.15) is 26.7 Å². The van der Waals surface area contributed by atoms with Crippen LogP contribution in [0.15, 0.2) is 16.6 Å². The topological polar surface area (TPSA) is 80.7 Å². The molecule has 19 heavy (non-hydrogen) atoms. The van der Waals surface area contributed by atoms with Crippen molar-refractivity contribution < 1.29 is 8.42 Å². The van der Waals surface area contributed by atoms with Gasteiger partial charge in [-0.1, -0.05) is 13.8 Å². The van der Waals surface area contributed by atoms with E-state index < -0.39 is 10.0 Å². The number of anilines is 1. The van der Waals surface area contributed by atoms with Crippen molar-refractivity contribution in [2.45, 2.75) is 31.7 Å². The van der Waals surface area contributed by atoms with Crippen LogP contribution in [0, 0.1) is 0 Å². The molecule has 0 amide bonds. The van der Waals surface area contributed by atoms with E-state index in [0.717, 1.165) is 12.8 Å². The number of nitrogens with two attached hydrogens (primary N) is 1. The van der Waals surface area contributed by atoms with E-state index in [4.69, 9.17) is 5.73 Å². The highest BCUT2D eigenvalue weighted by molar-refractivity contribution is 7.89. The quantitative estimate of drug-likeness (QED) is 0.882. The molecule has 106 valence electrons. The molecule has 2 aromatic heterocycles. The molecule has 2 N–H and O–H groups in total. The second-order valence-electron chi connectivity index (χ2n) is 4.26. The number of imidazole rings is 1. The Kier molecular flexibility index (Phi) is 4.12. The van der Waals surface area contributed by atoms with Crippen LogP contribution in [0.5, 0.6) is 0 Å². The van der Waals surface area contributed by atoms with E-state index in [-0.39, 0.29) is 10.8 Å². The lowest BCUT2D eigenvalue weighted by Gasteiger charge is -2.20. The Labute approximate surface area is 116 Å². The number of thiazole rings is 1. The summed E-state index contributed by atoms with van der Waals surface area (Å²) in [6.07, 6.45) is 3.22. The molecule has 0 spiro atoms. The minimum atomic E-state index is -3.59. The number of hydrogen-bond donors (Lipinski definition) is 1. The second-order valence-corrected chi connectivity index (χ2v) is 6.99. The van der Waals surface area contributed by atoms with Gasteiger partial charge in [0.05, 0.1) is 0 Å². The fraction of sp³-hybridized carbons (Fsp3) is 0.545. The summed E-state index contributed by atoms with van der Waals surface area (Å²) in [6, 6.07) is 0. The minimum absolute atomic E-state index is 0.0732. The first-order chi connectivity index (χ1) is 9.02. The monoisotopic (exact) mass is 302 g/mol. The first kappa shape index (κ1) is 14.3. The van der Waals surface area contributed by atoms with Crippen LogP contribution in [0.2, 0.25) is 0 Å². The van der Waals surface area contributed by atoms with Crippen molar-refractivity contribution in [2.75, 3.05) is 18.8 Å². The number of nitrogens with zero attached hydrogens (tertiary/aromatic N) is 3. The van der Waals surface area contributed by atoms with Gasteiger partial charge in [0.15, 0.2) is 15.8 Å². The number of hydrogen-bond acceptors (Lipinski definition) is 5. The van der Waals surface area contributed by atoms with Crippen LogP contribution in [-0.2, 0) is 10.0 Å². The molecular formula is C11H18N4O2S2. The SMILES string of the molecule is CCCN(CCC)S(=O)(=O)c1c(N)nc2sccn12. The van der Waals surface area contributed by atoms with E-state index in [1.165, 1.54) is 15.6 Å². The molecule has 0 atom stereocenters.